The van der Waals surface area contributed by atoms with Gasteiger partial charge in [0.15, 0.2) is 0 Å². The van der Waals surface area contributed by atoms with Gasteiger partial charge in [-0.05, 0) is 12.5 Å². The molecule has 1 N–H and O–H groups in total. The van der Waals surface area contributed by atoms with Gasteiger partial charge in [0.05, 0.1) is 0 Å². The van der Waals surface area contributed by atoms with Crippen LogP contribution in [0.1, 0.15) is 6.92 Å². The van der Waals surface area contributed by atoms with Gasteiger partial charge in [-0.1, -0.05) is 0 Å². The zero-order valence-corrected chi connectivity index (χ0v) is 2.58. The standard InChI is InChI=1S/C2H4BN/c1-2(3)4/h4H,1H3. The second kappa shape index (κ2) is 1.10. The summed E-state index contributed by atoms with van der Waals surface area (Å²) in [5.41, 5.74) is 0.167. The van der Waals surface area contributed by atoms with E-state index in [9.17, 15) is 0 Å². The van der Waals surface area contributed by atoms with Crippen LogP contribution in [-0.2, 0) is 0 Å². The summed E-state index contributed by atoms with van der Waals surface area (Å²) in [6.07, 6.45) is 0. The van der Waals surface area contributed by atoms with Crippen LogP contribution in [0.25, 0.3) is 0 Å². The van der Waals surface area contributed by atoms with E-state index in [2.05, 4.69) is 0 Å². The van der Waals surface area contributed by atoms with Gasteiger partial charge in [-0.25, -0.2) is 0 Å². The number of hydrogen-bond donors (Lipinski definition) is 1. The molecule has 0 saturated carbocycles. The molecule has 2 radical (unpaired) electrons. The van der Waals surface area contributed by atoms with E-state index in [4.69, 9.17) is 13.3 Å². The van der Waals surface area contributed by atoms with Gasteiger partial charge in [-0.3, -0.25) is 0 Å². The maximum atomic E-state index is 6.28. The Kier molecular flexibility index (Phi) is 1.03. The molecule has 0 aromatic heterocycles. The highest BCUT2D eigenvalue weighted by Crippen LogP contribution is 1.43. The average Bonchev–Trinajstić information content (AvgIpc) is 0.811. The van der Waals surface area contributed by atoms with Crippen LogP contribution in [0, 0.1) is 5.41 Å². The molecule has 0 saturated heterocycles. The van der Waals surface area contributed by atoms with Crippen molar-refractivity contribution >= 4 is 13.5 Å². The van der Waals surface area contributed by atoms with Crippen LogP contribution in [0.5, 0.6) is 0 Å². The molecular weight excluding hydrogens is 48.8 g/mol. The molecule has 0 aliphatic rings. The summed E-state index contributed by atoms with van der Waals surface area (Å²) in [4.78, 5) is 0. The minimum atomic E-state index is 0.167. The lowest BCUT2D eigenvalue weighted by Gasteiger charge is -1.63. The minimum Gasteiger partial charge on any atom is -0.321 e. The van der Waals surface area contributed by atoms with Crippen molar-refractivity contribution in [2.24, 2.45) is 0 Å². The van der Waals surface area contributed by atoms with E-state index in [0.29, 0.717) is 0 Å². The van der Waals surface area contributed by atoms with Crippen molar-refractivity contribution in [1.29, 1.82) is 5.41 Å². The van der Waals surface area contributed by atoms with Crippen molar-refractivity contribution in [3.05, 3.63) is 0 Å². The zero-order chi connectivity index (χ0) is 3.58. The molecular formula is C2H4BN. The van der Waals surface area contributed by atoms with Crippen LogP contribution in [0.4, 0.5) is 0 Å². The molecule has 0 bridgehead atoms. The highest BCUT2D eigenvalue weighted by molar-refractivity contribution is 6.58. The summed E-state index contributed by atoms with van der Waals surface area (Å²) in [6.45, 7) is 1.53. The molecule has 4 heavy (non-hydrogen) atoms. The third-order valence-electron chi connectivity index (χ3n) is 0. The molecule has 0 rings (SSSR count). The second-order valence-electron chi connectivity index (χ2n) is 0.683. The van der Waals surface area contributed by atoms with Crippen LogP contribution in [0.15, 0.2) is 0 Å². The van der Waals surface area contributed by atoms with Gasteiger partial charge in [0.25, 0.3) is 0 Å². The van der Waals surface area contributed by atoms with Crippen LogP contribution in [0.3, 0.4) is 0 Å². The lowest BCUT2D eigenvalue weighted by atomic mass is 10.1. The van der Waals surface area contributed by atoms with Crippen LogP contribution in [0.2, 0.25) is 0 Å². The molecule has 1 nitrogen and oxygen atoms in total. The van der Waals surface area contributed by atoms with Crippen molar-refractivity contribution in [1.82, 2.24) is 0 Å². The first-order valence-electron chi connectivity index (χ1n) is 1.04. The Bertz CT molecular complexity index is 29.0. The van der Waals surface area contributed by atoms with Gasteiger partial charge >= 0.3 is 0 Å². The third kappa shape index (κ3) is 13.3. The van der Waals surface area contributed by atoms with E-state index in [1.165, 1.54) is 6.92 Å². The number of hydrogen-bond acceptors (Lipinski definition) is 1. The zero-order valence-electron chi connectivity index (χ0n) is 2.58. The molecule has 0 fully saturated rings. The molecule has 2 heteroatoms. The van der Waals surface area contributed by atoms with Crippen molar-refractivity contribution < 1.29 is 0 Å². The molecule has 0 unspecified atom stereocenters. The molecule has 0 aromatic carbocycles. The Hall–Kier alpha value is -0.265. The maximum absolute atomic E-state index is 6.28. The summed E-state index contributed by atoms with van der Waals surface area (Å²) in [5.74, 6) is 0. The smallest absolute Gasteiger partial charge is 0.134 e. The van der Waals surface area contributed by atoms with Gasteiger partial charge in [0.2, 0.25) is 0 Å². The Morgan fingerprint density at radius 3 is 2.00 bits per heavy atom. The molecule has 0 atom stereocenters. The van der Waals surface area contributed by atoms with E-state index < -0.39 is 0 Å². The van der Waals surface area contributed by atoms with Crippen molar-refractivity contribution in [3.8, 4) is 0 Å². The molecule has 0 spiro atoms. The van der Waals surface area contributed by atoms with Gasteiger partial charge < -0.3 is 5.41 Å². The Morgan fingerprint density at radius 2 is 2.00 bits per heavy atom. The summed E-state index contributed by atoms with van der Waals surface area (Å²) < 4.78 is 0. The average molecular weight is 52.9 g/mol. The third-order valence-corrected chi connectivity index (χ3v) is 0. The summed E-state index contributed by atoms with van der Waals surface area (Å²) in [7, 11) is 4.69. The maximum Gasteiger partial charge on any atom is 0.134 e. The first-order chi connectivity index (χ1) is 1.73. The van der Waals surface area contributed by atoms with Gasteiger partial charge in [-0.15, -0.1) is 0 Å². The number of nitrogens with one attached hydrogen (secondary N) is 1. The highest BCUT2D eigenvalue weighted by Gasteiger charge is 1.55. The van der Waals surface area contributed by atoms with Crippen LogP contribution >= 0.6 is 0 Å². The highest BCUT2D eigenvalue weighted by atomic mass is 14.3. The molecule has 0 aliphatic heterocycles. The first-order valence-corrected chi connectivity index (χ1v) is 1.04. The largest absolute Gasteiger partial charge is 0.321 e. The van der Waals surface area contributed by atoms with Crippen LogP contribution in [-0.4, -0.2) is 13.5 Å². The molecule has 0 heterocycles. The van der Waals surface area contributed by atoms with Gasteiger partial charge in [0, 0.05) is 0 Å². The quantitative estimate of drug-likeness (QED) is 0.300. The van der Waals surface area contributed by atoms with Crippen molar-refractivity contribution in [2.45, 2.75) is 6.92 Å². The van der Waals surface area contributed by atoms with Gasteiger partial charge in [0.1, 0.15) is 7.85 Å². The lowest BCUT2D eigenvalue weighted by Crippen LogP contribution is -1.78. The van der Waals surface area contributed by atoms with Crippen LogP contribution < -0.4 is 0 Å². The SMILES string of the molecule is [B]C(C)=N. The van der Waals surface area contributed by atoms with Gasteiger partial charge in [-0.2, -0.15) is 0 Å². The fourth-order valence-corrected chi connectivity index (χ4v) is 0. The first kappa shape index (κ1) is 3.73. The van der Waals surface area contributed by atoms with Crippen molar-refractivity contribution in [3.63, 3.8) is 0 Å². The van der Waals surface area contributed by atoms with E-state index in [1.807, 2.05) is 0 Å². The van der Waals surface area contributed by atoms with E-state index in [-0.39, 0.29) is 5.61 Å². The topological polar surface area (TPSA) is 23.9 Å². The Labute approximate surface area is 26.9 Å². The second-order valence-corrected chi connectivity index (χ2v) is 0.683. The molecule has 0 aromatic rings. The van der Waals surface area contributed by atoms with E-state index in [1.54, 1.807) is 0 Å². The lowest BCUT2D eigenvalue weighted by molar-refractivity contribution is 1.53. The predicted octanol–water partition coefficient (Wildman–Crippen LogP) is 0.152. The Balaban J connectivity index is 2.80. The summed E-state index contributed by atoms with van der Waals surface area (Å²) in [6, 6.07) is 0. The summed E-state index contributed by atoms with van der Waals surface area (Å²) >= 11 is 0. The molecule has 0 aliphatic carbocycles. The molecule has 0 amide bonds. The normalized spacial score (nSPS) is 6.25. The van der Waals surface area contributed by atoms with Crippen molar-refractivity contribution in [2.75, 3.05) is 0 Å². The summed E-state index contributed by atoms with van der Waals surface area (Å²) in [5, 5.41) is 6.28. The fourth-order valence-electron chi connectivity index (χ4n) is 0. The van der Waals surface area contributed by atoms with E-state index in [0.717, 1.165) is 0 Å². The van der Waals surface area contributed by atoms with E-state index >= 15 is 0 Å². The molecule has 20 valence electrons. The monoisotopic (exact) mass is 53.0 g/mol. The Morgan fingerprint density at radius 1 is 2.00 bits per heavy atom. The predicted molar refractivity (Wildman–Crippen MR) is 19.2 cm³/mol. The fraction of sp³-hybridized carbons (Fsp3) is 0.500. The minimum absolute atomic E-state index is 0.167. The number of rotatable bonds is 0.